The van der Waals surface area contributed by atoms with E-state index in [2.05, 4.69) is 10.4 Å². The monoisotopic (exact) mass is 423 g/mol. The summed E-state index contributed by atoms with van der Waals surface area (Å²) in [5.41, 5.74) is 0.231. The first-order valence-electron chi connectivity index (χ1n) is 9.62. The smallest absolute Gasteiger partial charge is 0.267 e. The Bertz CT molecular complexity index is 882. The second kappa shape index (κ2) is 9.25. The highest BCUT2D eigenvalue weighted by Gasteiger charge is 2.37. The third-order valence-electron chi connectivity index (χ3n) is 4.67. The lowest BCUT2D eigenvalue weighted by Crippen LogP contribution is -2.44. The van der Waals surface area contributed by atoms with Crippen molar-refractivity contribution in [2.45, 2.75) is 32.2 Å². The molecule has 0 saturated carbocycles. The Morgan fingerprint density at radius 3 is 2.52 bits per heavy atom. The third-order valence-corrected chi connectivity index (χ3v) is 6.42. The van der Waals surface area contributed by atoms with Crippen LogP contribution in [-0.2, 0) is 19.4 Å². The van der Waals surface area contributed by atoms with Gasteiger partial charge in [-0.3, -0.25) is 9.59 Å². The highest BCUT2D eigenvalue weighted by molar-refractivity contribution is 7.91. The Morgan fingerprint density at radius 1 is 1.21 bits per heavy atom. The number of hydrogen-bond acceptors (Lipinski definition) is 7. The number of benzene rings is 1. The molecule has 158 valence electrons. The van der Waals surface area contributed by atoms with Crippen molar-refractivity contribution in [1.29, 1.82) is 0 Å². The van der Waals surface area contributed by atoms with Crippen LogP contribution < -0.4 is 14.8 Å². The molecule has 1 N–H and O–H groups in total. The van der Waals surface area contributed by atoms with Crippen molar-refractivity contribution in [1.82, 2.24) is 10.3 Å². The van der Waals surface area contributed by atoms with E-state index >= 15 is 0 Å². The molecule has 3 rings (SSSR count). The Balaban J connectivity index is 1.48. The zero-order valence-corrected chi connectivity index (χ0v) is 17.1. The zero-order valence-electron chi connectivity index (χ0n) is 16.3. The number of nitrogens with zero attached hydrogens (tertiary/aromatic N) is 2. The van der Waals surface area contributed by atoms with Crippen LogP contribution >= 0.6 is 0 Å². The van der Waals surface area contributed by atoms with Crippen molar-refractivity contribution in [2.24, 2.45) is 5.10 Å². The summed E-state index contributed by atoms with van der Waals surface area (Å²) in [6.45, 7) is 3.05. The fraction of sp³-hybridized carbons (Fsp3) is 0.526. The SMILES string of the molecule is CCOc1ccc(OCCNC(=O)C2=NN([C@H]3CCS(=O)(=O)C3)C(=O)CC2)cc1. The van der Waals surface area contributed by atoms with Crippen LogP contribution in [0.1, 0.15) is 26.2 Å². The van der Waals surface area contributed by atoms with Crippen molar-refractivity contribution >= 4 is 27.4 Å². The Kier molecular flexibility index (Phi) is 6.73. The topological polar surface area (TPSA) is 114 Å². The van der Waals surface area contributed by atoms with Gasteiger partial charge in [-0.05, 0) is 37.6 Å². The number of hydrazone groups is 1. The Morgan fingerprint density at radius 2 is 1.90 bits per heavy atom. The highest BCUT2D eigenvalue weighted by atomic mass is 32.2. The van der Waals surface area contributed by atoms with E-state index in [4.69, 9.17) is 9.47 Å². The summed E-state index contributed by atoms with van der Waals surface area (Å²) in [5, 5.41) is 8.04. The summed E-state index contributed by atoms with van der Waals surface area (Å²) < 4.78 is 34.3. The number of carbonyl (C=O) groups is 2. The van der Waals surface area contributed by atoms with Gasteiger partial charge in [0.15, 0.2) is 9.84 Å². The minimum absolute atomic E-state index is 0.0430. The van der Waals surface area contributed by atoms with Crippen LogP contribution in [0.4, 0.5) is 0 Å². The molecule has 2 amide bonds. The summed E-state index contributed by atoms with van der Waals surface area (Å²) in [6, 6.07) is 6.71. The summed E-state index contributed by atoms with van der Waals surface area (Å²) in [7, 11) is -3.14. The Hall–Kier alpha value is -2.62. The van der Waals surface area contributed by atoms with Crippen LogP contribution in [0.5, 0.6) is 11.5 Å². The number of ether oxygens (including phenoxy) is 2. The van der Waals surface area contributed by atoms with E-state index in [0.29, 0.717) is 18.8 Å². The quantitative estimate of drug-likeness (QED) is 0.617. The summed E-state index contributed by atoms with van der Waals surface area (Å²) in [5.74, 6) is 0.740. The third kappa shape index (κ3) is 5.69. The number of nitrogens with one attached hydrogen (secondary N) is 1. The van der Waals surface area contributed by atoms with Gasteiger partial charge in [0, 0.05) is 12.8 Å². The molecule has 1 saturated heterocycles. The largest absolute Gasteiger partial charge is 0.494 e. The molecule has 0 aliphatic carbocycles. The second-order valence-electron chi connectivity index (χ2n) is 6.85. The van der Waals surface area contributed by atoms with Gasteiger partial charge in [-0.25, -0.2) is 13.4 Å². The van der Waals surface area contributed by atoms with E-state index < -0.39 is 15.9 Å². The number of carbonyl (C=O) groups excluding carboxylic acids is 2. The first kappa shape index (κ1) is 21.1. The molecule has 0 spiro atoms. The summed E-state index contributed by atoms with van der Waals surface area (Å²) >= 11 is 0. The molecule has 10 heteroatoms. The molecule has 29 heavy (non-hydrogen) atoms. The summed E-state index contributed by atoms with van der Waals surface area (Å²) in [6.07, 6.45) is 0.730. The molecule has 2 aliphatic rings. The van der Waals surface area contributed by atoms with Crippen LogP contribution in [0, 0.1) is 0 Å². The van der Waals surface area contributed by atoms with E-state index in [9.17, 15) is 18.0 Å². The number of amides is 2. The van der Waals surface area contributed by atoms with E-state index in [-0.39, 0.29) is 55.0 Å². The highest BCUT2D eigenvalue weighted by Crippen LogP contribution is 2.22. The first-order valence-corrected chi connectivity index (χ1v) is 11.4. The fourth-order valence-corrected chi connectivity index (χ4v) is 4.91. The van der Waals surface area contributed by atoms with E-state index in [1.54, 1.807) is 12.1 Å². The van der Waals surface area contributed by atoms with E-state index in [1.165, 1.54) is 5.01 Å². The van der Waals surface area contributed by atoms with Gasteiger partial charge in [0.25, 0.3) is 5.91 Å². The lowest BCUT2D eigenvalue weighted by Gasteiger charge is -2.27. The van der Waals surface area contributed by atoms with Crippen molar-refractivity contribution in [2.75, 3.05) is 31.3 Å². The van der Waals surface area contributed by atoms with E-state index in [1.807, 2.05) is 19.1 Å². The van der Waals surface area contributed by atoms with Gasteiger partial charge in [-0.1, -0.05) is 0 Å². The van der Waals surface area contributed by atoms with Crippen molar-refractivity contribution in [3.05, 3.63) is 24.3 Å². The molecule has 0 bridgehead atoms. The maximum atomic E-state index is 12.4. The molecule has 2 heterocycles. The number of sulfone groups is 1. The van der Waals surface area contributed by atoms with Gasteiger partial charge in [-0.15, -0.1) is 0 Å². The second-order valence-corrected chi connectivity index (χ2v) is 9.08. The number of rotatable bonds is 8. The fourth-order valence-electron chi connectivity index (χ4n) is 3.22. The average molecular weight is 423 g/mol. The average Bonchev–Trinajstić information content (AvgIpc) is 3.06. The maximum absolute atomic E-state index is 12.4. The van der Waals surface area contributed by atoms with Crippen LogP contribution in [0.15, 0.2) is 29.4 Å². The molecular weight excluding hydrogens is 398 g/mol. The van der Waals surface area contributed by atoms with Gasteiger partial charge in [0.2, 0.25) is 5.91 Å². The zero-order chi connectivity index (χ0) is 20.9. The molecule has 2 aliphatic heterocycles. The van der Waals surface area contributed by atoms with Crippen LogP contribution in [0.3, 0.4) is 0 Å². The molecular formula is C19H25N3O6S. The Labute approximate surface area is 170 Å². The molecule has 0 unspecified atom stereocenters. The van der Waals surface area contributed by atoms with Crippen molar-refractivity contribution in [3.8, 4) is 11.5 Å². The minimum atomic E-state index is -3.14. The molecule has 0 radical (unpaired) electrons. The normalized spacial score (nSPS) is 20.9. The van der Waals surface area contributed by atoms with Gasteiger partial charge >= 0.3 is 0 Å². The van der Waals surface area contributed by atoms with Crippen LogP contribution in [0.2, 0.25) is 0 Å². The molecule has 0 aromatic heterocycles. The van der Waals surface area contributed by atoms with Gasteiger partial charge in [0.1, 0.15) is 23.8 Å². The lowest BCUT2D eigenvalue weighted by molar-refractivity contribution is -0.133. The molecule has 1 aromatic rings. The molecule has 1 aromatic carbocycles. The molecule has 9 nitrogen and oxygen atoms in total. The first-order chi connectivity index (χ1) is 13.9. The molecule has 1 fully saturated rings. The standard InChI is InChI=1S/C19H25N3O6S/c1-2-27-15-3-5-16(6-4-15)28-11-10-20-19(24)17-7-8-18(23)22(21-17)14-9-12-29(25,26)13-14/h3-6,14H,2,7-13H2,1H3,(H,20,24)/t14-/m0/s1. The van der Waals surface area contributed by atoms with Gasteiger partial charge in [-0.2, -0.15) is 5.10 Å². The lowest BCUT2D eigenvalue weighted by atomic mass is 10.1. The predicted molar refractivity (Wildman–Crippen MR) is 107 cm³/mol. The van der Waals surface area contributed by atoms with Gasteiger partial charge < -0.3 is 14.8 Å². The van der Waals surface area contributed by atoms with Gasteiger partial charge in [0.05, 0.1) is 30.7 Å². The predicted octanol–water partition coefficient (Wildman–Crippen LogP) is 0.746. The number of hydrogen-bond donors (Lipinski definition) is 1. The molecule has 1 atom stereocenters. The minimum Gasteiger partial charge on any atom is -0.494 e. The summed E-state index contributed by atoms with van der Waals surface area (Å²) in [4.78, 5) is 24.5. The van der Waals surface area contributed by atoms with Crippen molar-refractivity contribution < 1.29 is 27.5 Å². The maximum Gasteiger partial charge on any atom is 0.267 e. The van der Waals surface area contributed by atoms with Crippen molar-refractivity contribution in [3.63, 3.8) is 0 Å². The van der Waals surface area contributed by atoms with Crippen LogP contribution in [-0.4, -0.2) is 68.3 Å². The van der Waals surface area contributed by atoms with Crippen LogP contribution in [0.25, 0.3) is 0 Å². The van der Waals surface area contributed by atoms with E-state index in [0.717, 1.165) is 5.75 Å².